The first-order chi connectivity index (χ1) is 15.5. The Bertz CT molecular complexity index is 1200. The fourth-order valence-electron chi connectivity index (χ4n) is 2.85. The molecule has 3 aromatic rings. The van der Waals surface area contributed by atoms with Gasteiger partial charge in [0.05, 0.1) is 18.6 Å². The molecule has 33 heavy (non-hydrogen) atoms. The third kappa shape index (κ3) is 5.57. The van der Waals surface area contributed by atoms with Gasteiger partial charge in [-0.3, -0.25) is 4.79 Å². The van der Waals surface area contributed by atoms with Crippen molar-refractivity contribution >= 4 is 16.9 Å². The van der Waals surface area contributed by atoms with Gasteiger partial charge in [-0.1, -0.05) is 0 Å². The van der Waals surface area contributed by atoms with Crippen LogP contribution in [0.4, 0.5) is 13.2 Å². The van der Waals surface area contributed by atoms with Gasteiger partial charge in [-0.05, 0) is 57.2 Å². The first-order valence-corrected chi connectivity index (χ1v) is 9.86. The van der Waals surface area contributed by atoms with E-state index in [9.17, 15) is 22.8 Å². The summed E-state index contributed by atoms with van der Waals surface area (Å²) < 4.78 is 66.8. The van der Waals surface area contributed by atoms with Crippen molar-refractivity contribution < 1.29 is 41.3 Å². The summed E-state index contributed by atoms with van der Waals surface area (Å²) in [5, 5.41) is -0.156. The SMILES string of the molecule is COc1ccc(Oc2c(C(F)(F)F)oc3cc(O[C@H](C)C(=O)OC(C)C)ccc3c2=O)cc1. The smallest absolute Gasteiger partial charge is 0.453 e. The molecule has 176 valence electrons. The summed E-state index contributed by atoms with van der Waals surface area (Å²) in [6.45, 7) is 4.76. The number of carbonyl (C=O) groups excluding carboxylic acids is 1. The van der Waals surface area contributed by atoms with Crippen LogP contribution in [0.5, 0.6) is 23.0 Å². The van der Waals surface area contributed by atoms with Gasteiger partial charge < -0.3 is 23.4 Å². The Morgan fingerprint density at radius 3 is 2.15 bits per heavy atom. The van der Waals surface area contributed by atoms with E-state index in [2.05, 4.69) is 0 Å². The quantitative estimate of drug-likeness (QED) is 0.435. The molecular formula is C23H21F3O7. The van der Waals surface area contributed by atoms with Crippen molar-refractivity contribution in [3.63, 3.8) is 0 Å². The van der Waals surface area contributed by atoms with Gasteiger partial charge in [-0.2, -0.15) is 13.2 Å². The number of fused-ring (bicyclic) bond motifs is 1. The van der Waals surface area contributed by atoms with Crippen LogP contribution in [-0.2, 0) is 15.7 Å². The number of ether oxygens (including phenoxy) is 4. The minimum absolute atomic E-state index is 0.00890. The largest absolute Gasteiger partial charge is 0.497 e. The van der Waals surface area contributed by atoms with E-state index in [1.54, 1.807) is 13.8 Å². The number of hydrogen-bond acceptors (Lipinski definition) is 7. The Kier molecular flexibility index (Phi) is 6.85. The molecule has 0 saturated heterocycles. The van der Waals surface area contributed by atoms with E-state index in [0.29, 0.717) is 5.75 Å². The third-order valence-corrected chi connectivity index (χ3v) is 4.36. The van der Waals surface area contributed by atoms with Gasteiger partial charge in [0.15, 0.2) is 6.10 Å². The standard InChI is InChI=1S/C23H21F3O7/c1-12(2)30-22(28)13(3)31-16-9-10-17-18(11-16)33-21(23(24,25)26)20(19(17)27)32-15-7-5-14(29-4)6-8-15/h5-13H,1-4H3/t13-/m1/s1. The van der Waals surface area contributed by atoms with Crippen LogP contribution in [0, 0.1) is 0 Å². The number of rotatable bonds is 7. The molecule has 0 fully saturated rings. The van der Waals surface area contributed by atoms with E-state index < -0.39 is 35.2 Å². The molecule has 7 nitrogen and oxygen atoms in total. The Labute approximate surface area is 186 Å². The van der Waals surface area contributed by atoms with Crippen molar-refractivity contribution in [2.75, 3.05) is 7.11 Å². The van der Waals surface area contributed by atoms with Crippen LogP contribution >= 0.6 is 0 Å². The summed E-state index contributed by atoms with van der Waals surface area (Å²) >= 11 is 0. The molecule has 0 radical (unpaired) electrons. The first-order valence-electron chi connectivity index (χ1n) is 9.86. The van der Waals surface area contributed by atoms with Crippen molar-refractivity contribution in [3.05, 3.63) is 58.4 Å². The fraction of sp³-hybridized carbons (Fsp3) is 0.304. The zero-order valence-corrected chi connectivity index (χ0v) is 18.2. The molecule has 0 saturated carbocycles. The van der Waals surface area contributed by atoms with Gasteiger partial charge in [-0.25, -0.2) is 4.79 Å². The lowest BCUT2D eigenvalue weighted by Gasteiger charge is -2.16. The Balaban J connectivity index is 2.01. The number of methoxy groups -OCH3 is 1. The maximum Gasteiger partial charge on any atom is 0.453 e. The second-order valence-electron chi connectivity index (χ2n) is 7.27. The summed E-state index contributed by atoms with van der Waals surface area (Å²) in [5.41, 5.74) is -1.39. The van der Waals surface area contributed by atoms with Gasteiger partial charge in [0.25, 0.3) is 5.76 Å². The van der Waals surface area contributed by atoms with E-state index >= 15 is 0 Å². The molecule has 0 aliphatic heterocycles. The zero-order valence-electron chi connectivity index (χ0n) is 18.2. The molecule has 3 rings (SSSR count). The predicted molar refractivity (Wildman–Crippen MR) is 112 cm³/mol. The molecule has 10 heteroatoms. The minimum atomic E-state index is -5.01. The van der Waals surface area contributed by atoms with Crippen molar-refractivity contribution in [3.8, 4) is 23.0 Å². The molecule has 0 N–H and O–H groups in total. The van der Waals surface area contributed by atoms with Gasteiger partial charge in [0, 0.05) is 6.07 Å². The molecule has 0 bridgehead atoms. The molecule has 1 atom stereocenters. The van der Waals surface area contributed by atoms with Crippen molar-refractivity contribution in [2.24, 2.45) is 0 Å². The average molecular weight is 466 g/mol. The monoisotopic (exact) mass is 466 g/mol. The summed E-state index contributed by atoms with van der Waals surface area (Å²) in [5.74, 6) is -2.77. The van der Waals surface area contributed by atoms with E-state index in [4.69, 9.17) is 23.4 Å². The van der Waals surface area contributed by atoms with Crippen LogP contribution in [0.2, 0.25) is 0 Å². The zero-order chi connectivity index (χ0) is 24.3. The second kappa shape index (κ2) is 9.43. The van der Waals surface area contributed by atoms with Crippen molar-refractivity contribution in [2.45, 2.75) is 39.2 Å². The molecule has 0 spiro atoms. The second-order valence-corrected chi connectivity index (χ2v) is 7.27. The maximum absolute atomic E-state index is 13.7. The number of carbonyl (C=O) groups is 1. The van der Waals surface area contributed by atoms with Crippen LogP contribution in [0.15, 0.2) is 51.7 Å². The molecule has 2 aromatic carbocycles. The summed E-state index contributed by atoms with van der Waals surface area (Å²) in [4.78, 5) is 24.8. The van der Waals surface area contributed by atoms with Gasteiger partial charge in [-0.15, -0.1) is 0 Å². The predicted octanol–water partition coefficient (Wildman–Crippen LogP) is 5.33. The molecule has 1 heterocycles. The number of benzene rings is 2. The highest BCUT2D eigenvalue weighted by Crippen LogP contribution is 2.39. The summed E-state index contributed by atoms with van der Waals surface area (Å²) in [7, 11) is 1.43. The average Bonchev–Trinajstić information content (AvgIpc) is 2.74. The highest BCUT2D eigenvalue weighted by atomic mass is 19.4. The number of halogens is 3. The normalized spacial score (nSPS) is 12.5. The van der Waals surface area contributed by atoms with Crippen LogP contribution in [0.25, 0.3) is 11.0 Å². The van der Waals surface area contributed by atoms with E-state index in [0.717, 1.165) is 6.07 Å². The Hall–Kier alpha value is -3.69. The van der Waals surface area contributed by atoms with Crippen molar-refractivity contribution in [1.82, 2.24) is 0 Å². The van der Waals surface area contributed by atoms with Gasteiger partial charge >= 0.3 is 12.1 Å². The Morgan fingerprint density at radius 2 is 1.58 bits per heavy atom. The van der Waals surface area contributed by atoms with E-state index in [1.165, 1.54) is 50.4 Å². The summed E-state index contributed by atoms with van der Waals surface area (Å²) in [6.07, 6.45) is -6.41. The lowest BCUT2D eigenvalue weighted by Crippen LogP contribution is -2.28. The summed E-state index contributed by atoms with van der Waals surface area (Å²) in [6, 6.07) is 9.33. The lowest BCUT2D eigenvalue weighted by atomic mass is 10.2. The maximum atomic E-state index is 13.7. The van der Waals surface area contributed by atoms with Crippen LogP contribution in [0.3, 0.4) is 0 Å². The molecule has 0 aliphatic rings. The van der Waals surface area contributed by atoms with E-state index in [-0.39, 0.29) is 28.6 Å². The van der Waals surface area contributed by atoms with Crippen molar-refractivity contribution in [1.29, 1.82) is 0 Å². The van der Waals surface area contributed by atoms with Gasteiger partial charge in [0.1, 0.15) is 22.8 Å². The highest BCUT2D eigenvalue weighted by Gasteiger charge is 2.40. The molecule has 0 amide bonds. The number of esters is 1. The van der Waals surface area contributed by atoms with Crippen LogP contribution < -0.4 is 19.6 Å². The molecule has 1 aromatic heterocycles. The minimum Gasteiger partial charge on any atom is -0.497 e. The highest BCUT2D eigenvalue weighted by molar-refractivity contribution is 5.80. The molecular weight excluding hydrogens is 445 g/mol. The molecule has 0 aliphatic carbocycles. The van der Waals surface area contributed by atoms with E-state index in [1.807, 2.05) is 0 Å². The fourth-order valence-corrected chi connectivity index (χ4v) is 2.85. The first kappa shape index (κ1) is 24.0. The third-order valence-electron chi connectivity index (χ3n) is 4.36. The topological polar surface area (TPSA) is 84.2 Å². The van der Waals surface area contributed by atoms with Crippen LogP contribution in [-0.4, -0.2) is 25.3 Å². The van der Waals surface area contributed by atoms with Crippen LogP contribution in [0.1, 0.15) is 26.5 Å². The lowest BCUT2D eigenvalue weighted by molar-refractivity contribution is -0.155. The molecule has 0 unspecified atom stereocenters. The number of alkyl halides is 3. The Morgan fingerprint density at radius 1 is 0.970 bits per heavy atom. The number of hydrogen-bond donors (Lipinski definition) is 0. The van der Waals surface area contributed by atoms with Gasteiger partial charge in [0.2, 0.25) is 11.2 Å².